The summed E-state index contributed by atoms with van der Waals surface area (Å²) in [6.07, 6.45) is 1.70. The Balaban J connectivity index is 2.02. The molecule has 1 saturated heterocycles. The van der Waals surface area contributed by atoms with Gasteiger partial charge in [0.15, 0.2) is 0 Å². The molecule has 0 bridgehead atoms. The van der Waals surface area contributed by atoms with Gasteiger partial charge in [0.2, 0.25) is 0 Å². The van der Waals surface area contributed by atoms with Gasteiger partial charge in [0, 0.05) is 19.6 Å². The summed E-state index contributed by atoms with van der Waals surface area (Å²) in [4.78, 5) is 2.47. The molecule has 1 aromatic carbocycles. The van der Waals surface area contributed by atoms with E-state index in [2.05, 4.69) is 56.9 Å². The summed E-state index contributed by atoms with van der Waals surface area (Å²) in [5.41, 5.74) is 1.81. The van der Waals surface area contributed by atoms with Crippen molar-refractivity contribution in [1.82, 2.24) is 4.90 Å². The predicted molar refractivity (Wildman–Crippen MR) is 84.9 cm³/mol. The summed E-state index contributed by atoms with van der Waals surface area (Å²) in [5.74, 6) is 1.25. The average molecular weight is 275 g/mol. The predicted octanol–water partition coefficient (Wildman–Crippen LogP) is 3.75. The molecule has 1 N–H and O–H groups in total. The highest BCUT2D eigenvalue weighted by atomic mass is 16.3. The third kappa shape index (κ3) is 3.62. The van der Waals surface area contributed by atoms with Gasteiger partial charge in [-0.2, -0.15) is 0 Å². The van der Waals surface area contributed by atoms with Crippen molar-refractivity contribution in [1.29, 1.82) is 0 Å². The van der Waals surface area contributed by atoms with E-state index >= 15 is 0 Å². The highest BCUT2D eigenvalue weighted by molar-refractivity contribution is 5.29. The molecule has 1 aliphatic rings. The van der Waals surface area contributed by atoms with Gasteiger partial charge in [-0.1, -0.05) is 52.0 Å². The van der Waals surface area contributed by atoms with E-state index in [0.717, 1.165) is 38.0 Å². The maximum absolute atomic E-state index is 10.9. The van der Waals surface area contributed by atoms with Crippen LogP contribution in [0, 0.1) is 5.92 Å². The smallest absolute Gasteiger partial charge is 0.0920 e. The Hall–Kier alpha value is -0.860. The second kappa shape index (κ2) is 6.28. The molecule has 1 heterocycles. The van der Waals surface area contributed by atoms with Crippen LogP contribution in [0.15, 0.2) is 24.3 Å². The van der Waals surface area contributed by atoms with Crippen LogP contribution in [0.3, 0.4) is 0 Å². The molecule has 0 amide bonds. The van der Waals surface area contributed by atoms with E-state index < -0.39 is 5.60 Å². The van der Waals surface area contributed by atoms with Crippen molar-refractivity contribution in [2.24, 2.45) is 5.92 Å². The topological polar surface area (TPSA) is 23.5 Å². The Morgan fingerprint density at radius 3 is 2.05 bits per heavy atom. The minimum atomic E-state index is -0.622. The molecule has 112 valence electrons. The normalized spacial score (nSPS) is 19.8. The van der Waals surface area contributed by atoms with Gasteiger partial charge in [0.25, 0.3) is 0 Å². The van der Waals surface area contributed by atoms with Crippen LogP contribution in [-0.4, -0.2) is 29.6 Å². The van der Waals surface area contributed by atoms with E-state index in [1.165, 1.54) is 5.56 Å². The van der Waals surface area contributed by atoms with Crippen LogP contribution in [-0.2, 0) is 5.60 Å². The SMILES string of the molecule is CC(C)CN1CCC(O)(c2ccc(C(C)C)cc2)CC1. The number of nitrogens with zero attached hydrogens (tertiary/aromatic N) is 1. The number of hydrogen-bond acceptors (Lipinski definition) is 2. The molecule has 0 unspecified atom stereocenters. The van der Waals surface area contributed by atoms with Crippen LogP contribution in [0.25, 0.3) is 0 Å². The minimum absolute atomic E-state index is 0.548. The van der Waals surface area contributed by atoms with Crippen LogP contribution in [0.5, 0.6) is 0 Å². The van der Waals surface area contributed by atoms with Crippen molar-refractivity contribution in [3.05, 3.63) is 35.4 Å². The van der Waals surface area contributed by atoms with Crippen LogP contribution >= 0.6 is 0 Å². The van der Waals surface area contributed by atoms with Crippen molar-refractivity contribution in [3.63, 3.8) is 0 Å². The van der Waals surface area contributed by atoms with Crippen molar-refractivity contribution >= 4 is 0 Å². The first-order valence-corrected chi connectivity index (χ1v) is 7.96. The second-order valence-corrected chi connectivity index (χ2v) is 7.00. The average Bonchev–Trinajstić information content (AvgIpc) is 2.41. The molecule has 20 heavy (non-hydrogen) atoms. The van der Waals surface area contributed by atoms with E-state index in [1.54, 1.807) is 0 Å². The number of hydrogen-bond donors (Lipinski definition) is 1. The van der Waals surface area contributed by atoms with Gasteiger partial charge in [0.05, 0.1) is 5.60 Å². The minimum Gasteiger partial charge on any atom is -0.385 e. The fraction of sp³-hybridized carbons (Fsp3) is 0.667. The summed E-state index contributed by atoms with van der Waals surface area (Å²) >= 11 is 0. The van der Waals surface area contributed by atoms with Gasteiger partial charge in [-0.15, -0.1) is 0 Å². The van der Waals surface area contributed by atoms with E-state index in [0.29, 0.717) is 11.8 Å². The van der Waals surface area contributed by atoms with Crippen LogP contribution < -0.4 is 0 Å². The van der Waals surface area contributed by atoms with Crippen LogP contribution in [0.2, 0.25) is 0 Å². The summed E-state index contributed by atoms with van der Waals surface area (Å²) in [5, 5.41) is 10.9. The molecule has 2 nitrogen and oxygen atoms in total. The number of piperidine rings is 1. The number of benzene rings is 1. The van der Waals surface area contributed by atoms with E-state index in [9.17, 15) is 5.11 Å². The fourth-order valence-corrected chi connectivity index (χ4v) is 3.09. The van der Waals surface area contributed by atoms with E-state index in [4.69, 9.17) is 0 Å². The molecule has 1 fully saturated rings. The maximum atomic E-state index is 10.9. The van der Waals surface area contributed by atoms with Gasteiger partial charge in [-0.05, 0) is 35.8 Å². The first kappa shape index (κ1) is 15.5. The Morgan fingerprint density at radius 1 is 1.05 bits per heavy atom. The molecule has 2 heteroatoms. The molecule has 0 aliphatic carbocycles. The highest BCUT2D eigenvalue weighted by Crippen LogP contribution is 2.33. The first-order chi connectivity index (χ1) is 9.40. The molecular formula is C18H29NO. The molecule has 1 aliphatic heterocycles. The van der Waals surface area contributed by atoms with E-state index in [-0.39, 0.29) is 0 Å². The number of likely N-dealkylation sites (tertiary alicyclic amines) is 1. The van der Waals surface area contributed by atoms with Crippen molar-refractivity contribution < 1.29 is 5.11 Å². The lowest BCUT2D eigenvalue weighted by Gasteiger charge is -2.39. The zero-order valence-corrected chi connectivity index (χ0v) is 13.4. The second-order valence-electron chi connectivity index (χ2n) is 7.00. The van der Waals surface area contributed by atoms with Crippen molar-refractivity contribution in [2.45, 2.75) is 52.1 Å². The van der Waals surface area contributed by atoms with Crippen LogP contribution in [0.4, 0.5) is 0 Å². The zero-order chi connectivity index (χ0) is 14.8. The first-order valence-electron chi connectivity index (χ1n) is 7.96. The van der Waals surface area contributed by atoms with Crippen LogP contribution in [0.1, 0.15) is 57.6 Å². The monoisotopic (exact) mass is 275 g/mol. The quantitative estimate of drug-likeness (QED) is 0.904. The standard InChI is InChI=1S/C18H29NO/c1-14(2)13-19-11-9-18(20,10-12-19)17-7-5-16(6-8-17)15(3)4/h5-8,14-15,20H,9-13H2,1-4H3. The summed E-state index contributed by atoms with van der Waals surface area (Å²) in [7, 11) is 0. The third-order valence-electron chi connectivity index (χ3n) is 4.42. The lowest BCUT2D eigenvalue weighted by Crippen LogP contribution is -2.43. The Kier molecular flexibility index (Phi) is 4.87. The molecule has 0 atom stereocenters. The van der Waals surface area contributed by atoms with Gasteiger partial charge < -0.3 is 10.0 Å². The lowest BCUT2D eigenvalue weighted by molar-refractivity contribution is -0.0279. The fourth-order valence-electron chi connectivity index (χ4n) is 3.09. The Bertz CT molecular complexity index is 414. The van der Waals surface area contributed by atoms with Gasteiger partial charge in [0.1, 0.15) is 0 Å². The summed E-state index contributed by atoms with van der Waals surface area (Å²) in [6, 6.07) is 8.57. The third-order valence-corrected chi connectivity index (χ3v) is 4.42. The summed E-state index contributed by atoms with van der Waals surface area (Å²) in [6.45, 7) is 12.1. The zero-order valence-electron chi connectivity index (χ0n) is 13.4. The summed E-state index contributed by atoms with van der Waals surface area (Å²) < 4.78 is 0. The highest BCUT2D eigenvalue weighted by Gasteiger charge is 2.33. The molecular weight excluding hydrogens is 246 g/mol. The molecule has 0 radical (unpaired) electrons. The molecule has 2 rings (SSSR count). The Morgan fingerprint density at radius 2 is 1.60 bits per heavy atom. The number of rotatable bonds is 4. The van der Waals surface area contributed by atoms with Gasteiger partial charge in [-0.25, -0.2) is 0 Å². The molecule has 0 saturated carbocycles. The molecule has 1 aromatic rings. The van der Waals surface area contributed by atoms with E-state index in [1.807, 2.05) is 0 Å². The van der Waals surface area contributed by atoms with Crippen molar-refractivity contribution in [3.8, 4) is 0 Å². The molecule has 0 spiro atoms. The molecule has 0 aromatic heterocycles. The largest absolute Gasteiger partial charge is 0.385 e. The lowest BCUT2D eigenvalue weighted by atomic mass is 9.83. The van der Waals surface area contributed by atoms with Gasteiger partial charge in [-0.3, -0.25) is 0 Å². The Labute approximate surface area is 123 Å². The van der Waals surface area contributed by atoms with Gasteiger partial charge >= 0.3 is 0 Å². The number of aliphatic hydroxyl groups is 1. The van der Waals surface area contributed by atoms with Crippen molar-refractivity contribution in [2.75, 3.05) is 19.6 Å². The maximum Gasteiger partial charge on any atom is 0.0920 e.